The smallest absolute Gasteiger partial charge is 0.0432 e. The predicted octanol–water partition coefficient (Wildman–Crippen LogP) is 4.74. The van der Waals surface area contributed by atoms with Gasteiger partial charge >= 0.3 is 0 Å². The van der Waals surface area contributed by atoms with Gasteiger partial charge in [0.15, 0.2) is 0 Å². The molecule has 0 aromatic carbocycles. The SMILES string of the molecule is CC(C)c1ccc(C(C)CC(C)(C)C)nc1. The highest BCUT2D eigenvalue weighted by Crippen LogP contribution is 2.30. The highest BCUT2D eigenvalue weighted by atomic mass is 14.7. The van der Waals surface area contributed by atoms with Crippen molar-refractivity contribution in [3.05, 3.63) is 29.6 Å². The third kappa shape index (κ3) is 3.96. The maximum absolute atomic E-state index is 4.58. The molecule has 0 aliphatic heterocycles. The van der Waals surface area contributed by atoms with Crippen LogP contribution in [0.1, 0.15) is 71.1 Å². The molecule has 0 spiro atoms. The molecule has 16 heavy (non-hydrogen) atoms. The van der Waals surface area contributed by atoms with Crippen LogP contribution in [0, 0.1) is 5.41 Å². The Bertz CT molecular complexity index is 316. The maximum Gasteiger partial charge on any atom is 0.0432 e. The average Bonchev–Trinajstić information content (AvgIpc) is 2.15. The fourth-order valence-corrected chi connectivity index (χ4v) is 2.07. The van der Waals surface area contributed by atoms with Crippen molar-refractivity contribution in [1.82, 2.24) is 4.98 Å². The summed E-state index contributed by atoms with van der Waals surface area (Å²) in [6, 6.07) is 4.40. The van der Waals surface area contributed by atoms with Crippen molar-refractivity contribution in [2.75, 3.05) is 0 Å². The van der Waals surface area contributed by atoms with E-state index in [1.807, 2.05) is 6.20 Å². The van der Waals surface area contributed by atoms with E-state index in [1.54, 1.807) is 0 Å². The number of hydrogen-bond donors (Lipinski definition) is 0. The zero-order valence-electron chi connectivity index (χ0n) is 11.5. The van der Waals surface area contributed by atoms with Crippen LogP contribution >= 0.6 is 0 Å². The fraction of sp³-hybridized carbons (Fsp3) is 0.667. The zero-order chi connectivity index (χ0) is 12.3. The minimum absolute atomic E-state index is 0.373. The van der Waals surface area contributed by atoms with Gasteiger partial charge in [0.1, 0.15) is 0 Å². The first kappa shape index (κ1) is 13.2. The van der Waals surface area contributed by atoms with Gasteiger partial charge in [0, 0.05) is 11.9 Å². The van der Waals surface area contributed by atoms with Crippen LogP contribution in [0.2, 0.25) is 0 Å². The van der Waals surface area contributed by atoms with E-state index in [-0.39, 0.29) is 0 Å². The van der Waals surface area contributed by atoms with Crippen LogP contribution in [0.25, 0.3) is 0 Å². The lowest BCUT2D eigenvalue weighted by Crippen LogP contribution is -2.11. The number of hydrogen-bond acceptors (Lipinski definition) is 1. The Morgan fingerprint density at radius 2 is 1.75 bits per heavy atom. The largest absolute Gasteiger partial charge is 0.261 e. The summed E-state index contributed by atoms with van der Waals surface area (Å²) >= 11 is 0. The average molecular weight is 219 g/mol. The first-order valence-electron chi connectivity index (χ1n) is 6.25. The summed E-state index contributed by atoms with van der Waals surface area (Å²) in [7, 11) is 0. The summed E-state index contributed by atoms with van der Waals surface area (Å²) in [5, 5.41) is 0. The summed E-state index contributed by atoms with van der Waals surface area (Å²) in [5.74, 6) is 1.11. The van der Waals surface area contributed by atoms with Gasteiger partial charge in [0.25, 0.3) is 0 Å². The minimum atomic E-state index is 0.373. The molecule has 0 N–H and O–H groups in total. The number of aromatic nitrogens is 1. The second-order valence-corrected chi connectivity index (χ2v) is 6.34. The molecule has 1 nitrogen and oxygen atoms in total. The van der Waals surface area contributed by atoms with Gasteiger partial charge in [0.05, 0.1) is 0 Å². The van der Waals surface area contributed by atoms with Crippen molar-refractivity contribution in [1.29, 1.82) is 0 Å². The van der Waals surface area contributed by atoms with E-state index in [0.717, 1.165) is 0 Å². The molecule has 1 aromatic rings. The lowest BCUT2D eigenvalue weighted by Gasteiger charge is -2.23. The Balaban J connectivity index is 2.74. The normalized spacial score (nSPS) is 14.2. The molecule has 0 saturated carbocycles. The third-order valence-electron chi connectivity index (χ3n) is 2.90. The van der Waals surface area contributed by atoms with E-state index >= 15 is 0 Å². The van der Waals surface area contributed by atoms with E-state index < -0.39 is 0 Å². The van der Waals surface area contributed by atoms with Crippen molar-refractivity contribution in [3.63, 3.8) is 0 Å². The molecule has 0 bridgehead atoms. The Morgan fingerprint density at radius 1 is 1.12 bits per heavy atom. The summed E-state index contributed by atoms with van der Waals surface area (Å²) < 4.78 is 0. The molecule has 0 aliphatic rings. The quantitative estimate of drug-likeness (QED) is 0.715. The summed E-state index contributed by atoms with van der Waals surface area (Å²) in [5.41, 5.74) is 2.92. The molecule has 0 amide bonds. The second kappa shape index (κ2) is 4.99. The van der Waals surface area contributed by atoms with Gasteiger partial charge in [-0.25, -0.2) is 0 Å². The standard InChI is InChI=1S/C15H25N/c1-11(2)13-7-8-14(16-10-13)12(3)9-15(4,5)6/h7-8,10-12H,9H2,1-6H3. The van der Waals surface area contributed by atoms with Crippen LogP contribution in [0.3, 0.4) is 0 Å². The van der Waals surface area contributed by atoms with Gasteiger partial charge in [-0.05, 0) is 35.3 Å². The Morgan fingerprint density at radius 3 is 2.12 bits per heavy atom. The van der Waals surface area contributed by atoms with Gasteiger partial charge in [-0.3, -0.25) is 4.98 Å². The van der Waals surface area contributed by atoms with Crippen LogP contribution in [0.5, 0.6) is 0 Å². The van der Waals surface area contributed by atoms with Crippen molar-refractivity contribution in [2.24, 2.45) is 5.41 Å². The van der Waals surface area contributed by atoms with Gasteiger partial charge in [0.2, 0.25) is 0 Å². The third-order valence-corrected chi connectivity index (χ3v) is 2.90. The van der Waals surface area contributed by atoms with E-state index in [4.69, 9.17) is 0 Å². The van der Waals surface area contributed by atoms with Crippen LogP contribution in [-0.4, -0.2) is 4.98 Å². The molecule has 0 saturated heterocycles. The van der Waals surface area contributed by atoms with Gasteiger partial charge in [-0.15, -0.1) is 0 Å². The fourth-order valence-electron chi connectivity index (χ4n) is 2.07. The van der Waals surface area contributed by atoms with Crippen LogP contribution in [0.15, 0.2) is 18.3 Å². The lowest BCUT2D eigenvalue weighted by molar-refractivity contribution is 0.346. The molecule has 1 unspecified atom stereocenters. The summed E-state index contributed by atoms with van der Waals surface area (Å²) in [6.07, 6.45) is 3.21. The molecule has 90 valence electrons. The topological polar surface area (TPSA) is 12.9 Å². The van der Waals surface area contributed by atoms with Crippen molar-refractivity contribution < 1.29 is 0 Å². The Hall–Kier alpha value is -0.850. The van der Waals surface area contributed by atoms with Crippen molar-refractivity contribution in [3.8, 4) is 0 Å². The Labute approximate surface area is 100 Å². The van der Waals surface area contributed by atoms with Crippen LogP contribution in [-0.2, 0) is 0 Å². The highest BCUT2D eigenvalue weighted by molar-refractivity contribution is 5.19. The highest BCUT2D eigenvalue weighted by Gasteiger charge is 2.17. The summed E-state index contributed by atoms with van der Waals surface area (Å²) in [6.45, 7) is 13.5. The monoisotopic (exact) mass is 219 g/mol. The van der Waals surface area contributed by atoms with E-state index in [1.165, 1.54) is 17.7 Å². The first-order chi connectivity index (χ1) is 7.29. The number of nitrogens with zero attached hydrogens (tertiary/aromatic N) is 1. The predicted molar refractivity (Wildman–Crippen MR) is 70.8 cm³/mol. The van der Waals surface area contributed by atoms with Gasteiger partial charge in [-0.1, -0.05) is 47.6 Å². The van der Waals surface area contributed by atoms with Crippen molar-refractivity contribution >= 4 is 0 Å². The van der Waals surface area contributed by atoms with Crippen LogP contribution < -0.4 is 0 Å². The zero-order valence-corrected chi connectivity index (χ0v) is 11.5. The Kier molecular flexibility index (Phi) is 4.12. The van der Waals surface area contributed by atoms with E-state index in [0.29, 0.717) is 17.3 Å². The van der Waals surface area contributed by atoms with Gasteiger partial charge < -0.3 is 0 Å². The molecular weight excluding hydrogens is 194 g/mol. The van der Waals surface area contributed by atoms with Crippen molar-refractivity contribution in [2.45, 2.75) is 59.8 Å². The molecule has 1 heterocycles. The summed E-state index contributed by atoms with van der Waals surface area (Å²) in [4.78, 5) is 4.58. The molecule has 1 atom stereocenters. The molecule has 1 heteroatoms. The number of pyridine rings is 1. The molecular formula is C15H25N. The molecule has 0 fully saturated rings. The molecule has 1 rings (SSSR count). The molecule has 1 aromatic heterocycles. The minimum Gasteiger partial charge on any atom is -0.261 e. The lowest BCUT2D eigenvalue weighted by atomic mass is 9.84. The van der Waals surface area contributed by atoms with E-state index in [9.17, 15) is 0 Å². The second-order valence-electron chi connectivity index (χ2n) is 6.34. The molecule has 0 radical (unpaired) electrons. The van der Waals surface area contributed by atoms with E-state index in [2.05, 4.69) is 58.7 Å². The number of rotatable bonds is 3. The van der Waals surface area contributed by atoms with Gasteiger partial charge in [-0.2, -0.15) is 0 Å². The maximum atomic E-state index is 4.58. The molecule has 0 aliphatic carbocycles. The van der Waals surface area contributed by atoms with Crippen LogP contribution in [0.4, 0.5) is 0 Å². The first-order valence-corrected chi connectivity index (χ1v) is 6.25.